The van der Waals surface area contributed by atoms with Crippen molar-refractivity contribution in [2.75, 3.05) is 17.2 Å². The van der Waals surface area contributed by atoms with Crippen LogP contribution in [-0.4, -0.2) is 5.75 Å². The van der Waals surface area contributed by atoms with Gasteiger partial charge in [0.15, 0.2) is 0 Å². The fourth-order valence-corrected chi connectivity index (χ4v) is 1.24. The zero-order chi connectivity index (χ0) is 9.84. The summed E-state index contributed by atoms with van der Waals surface area (Å²) in [6, 6.07) is 3.87. The summed E-state index contributed by atoms with van der Waals surface area (Å²) in [4.78, 5) is 0. The molecule has 0 saturated heterocycles. The zero-order valence-corrected chi connectivity index (χ0v) is 8.51. The van der Waals surface area contributed by atoms with Gasteiger partial charge in [-0.05, 0) is 30.2 Å². The summed E-state index contributed by atoms with van der Waals surface area (Å²) < 4.78 is 0. The first-order valence-electron chi connectivity index (χ1n) is 4.08. The molecular formula is C10H14N2S. The van der Waals surface area contributed by atoms with E-state index in [-0.39, 0.29) is 0 Å². The summed E-state index contributed by atoms with van der Waals surface area (Å²) in [6.07, 6.45) is 3.95. The topological polar surface area (TPSA) is 52.0 Å². The highest BCUT2D eigenvalue weighted by Crippen LogP contribution is 2.22. The van der Waals surface area contributed by atoms with Gasteiger partial charge in [-0.15, -0.1) is 0 Å². The highest BCUT2D eigenvalue weighted by atomic mass is 32.1. The first-order chi connectivity index (χ1) is 6.15. The molecule has 0 heterocycles. The second kappa shape index (κ2) is 4.23. The molecule has 0 spiro atoms. The van der Waals surface area contributed by atoms with Crippen LogP contribution < -0.4 is 11.5 Å². The van der Waals surface area contributed by atoms with Gasteiger partial charge in [0.05, 0.1) is 11.4 Å². The average Bonchev–Trinajstić information content (AvgIpc) is 2.10. The van der Waals surface area contributed by atoms with Gasteiger partial charge in [0.1, 0.15) is 0 Å². The van der Waals surface area contributed by atoms with Crippen LogP contribution in [0.15, 0.2) is 18.2 Å². The smallest absolute Gasteiger partial charge is 0.0577 e. The molecule has 0 unspecified atom stereocenters. The lowest BCUT2D eigenvalue weighted by molar-refractivity contribution is 1.46. The third-order valence-electron chi connectivity index (χ3n) is 1.86. The number of anilines is 2. The third kappa shape index (κ3) is 2.42. The van der Waals surface area contributed by atoms with Crippen LogP contribution in [0.4, 0.5) is 11.4 Å². The molecule has 0 radical (unpaired) electrons. The lowest BCUT2D eigenvalue weighted by atomic mass is 10.1. The Morgan fingerprint density at radius 2 is 2.08 bits per heavy atom. The van der Waals surface area contributed by atoms with E-state index >= 15 is 0 Å². The Bertz CT molecular complexity index is 309. The number of benzene rings is 1. The molecular weight excluding hydrogens is 180 g/mol. The van der Waals surface area contributed by atoms with Crippen LogP contribution in [0, 0.1) is 6.92 Å². The Morgan fingerprint density at radius 1 is 1.38 bits per heavy atom. The predicted octanol–water partition coefficient (Wildman–Crippen LogP) is 2.10. The molecule has 1 aromatic carbocycles. The zero-order valence-electron chi connectivity index (χ0n) is 7.62. The summed E-state index contributed by atoms with van der Waals surface area (Å²) >= 11 is 4.08. The Balaban J connectivity index is 3.06. The van der Waals surface area contributed by atoms with E-state index in [2.05, 4.69) is 12.6 Å². The van der Waals surface area contributed by atoms with Gasteiger partial charge < -0.3 is 11.5 Å². The fourth-order valence-electron chi connectivity index (χ4n) is 1.14. The highest BCUT2D eigenvalue weighted by Gasteiger charge is 1.99. The van der Waals surface area contributed by atoms with Gasteiger partial charge in [-0.3, -0.25) is 0 Å². The molecule has 70 valence electrons. The summed E-state index contributed by atoms with van der Waals surface area (Å²) in [5, 5.41) is 0. The van der Waals surface area contributed by atoms with Crippen LogP contribution in [0.3, 0.4) is 0 Å². The van der Waals surface area contributed by atoms with E-state index in [1.165, 1.54) is 0 Å². The Labute approximate surface area is 84.0 Å². The molecule has 0 saturated carbocycles. The average molecular weight is 194 g/mol. The van der Waals surface area contributed by atoms with Crippen LogP contribution in [0.5, 0.6) is 0 Å². The minimum atomic E-state index is 0.638. The van der Waals surface area contributed by atoms with E-state index in [0.717, 1.165) is 16.9 Å². The van der Waals surface area contributed by atoms with Gasteiger partial charge in [-0.2, -0.15) is 12.6 Å². The van der Waals surface area contributed by atoms with Crippen molar-refractivity contribution in [2.45, 2.75) is 6.92 Å². The quantitative estimate of drug-likeness (QED) is 0.499. The lowest BCUT2D eigenvalue weighted by Crippen LogP contribution is -1.97. The van der Waals surface area contributed by atoms with Gasteiger partial charge in [0.25, 0.3) is 0 Å². The van der Waals surface area contributed by atoms with E-state index in [0.29, 0.717) is 11.4 Å². The maximum Gasteiger partial charge on any atom is 0.0577 e. The van der Waals surface area contributed by atoms with Gasteiger partial charge in [0.2, 0.25) is 0 Å². The van der Waals surface area contributed by atoms with Gasteiger partial charge >= 0.3 is 0 Å². The summed E-state index contributed by atoms with van der Waals surface area (Å²) in [7, 11) is 0. The number of aryl methyl sites for hydroxylation is 1. The van der Waals surface area contributed by atoms with Crippen molar-refractivity contribution in [3.8, 4) is 0 Å². The minimum absolute atomic E-state index is 0.638. The SMILES string of the molecule is Cc1cc(C=CCS)cc(N)c1N. The van der Waals surface area contributed by atoms with Crippen molar-refractivity contribution in [1.82, 2.24) is 0 Å². The number of nitrogens with two attached hydrogens (primary N) is 2. The molecule has 4 N–H and O–H groups in total. The first kappa shape index (κ1) is 9.99. The maximum absolute atomic E-state index is 5.72. The molecule has 3 heteroatoms. The van der Waals surface area contributed by atoms with E-state index in [4.69, 9.17) is 11.5 Å². The van der Waals surface area contributed by atoms with Gasteiger partial charge in [-0.25, -0.2) is 0 Å². The van der Waals surface area contributed by atoms with Crippen LogP contribution in [0.2, 0.25) is 0 Å². The number of hydrogen-bond donors (Lipinski definition) is 3. The number of thiol groups is 1. The number of nitrogen functional groups attached to an aromatic ring is 2. The second-order valence-corrected chi connectivity index (χ2v) is 3.29. The second-order valence-electron chi connectivity index (χ2n) is 2.93. The molecule has 1 rings (SSSR count). The Hall–Kier alpha value is -1.09. The summed E-state index contributed by atoms with van der Waals surface area (Å²) in [5.41, 5.74) is 14.8. The molecule has 0 aromatic heterocycles. The third-order valence-corrected chi connectivity index (χ3v) is 2.07. The van der Waals surface area contributed by atoms with E-state index in [1.54, 1.807) is 0 Å². The van der Waals surface area contributed by atoms with Crippen LogP contribution >= 0.6 is 12.6 Å². The normalized spacial score (nSPS) is 10.9. The molecule has 0 amide bonds. The van der Waals surface area contributed by atoms with Crippen molar-refractivity contribution in [2.24, 2.45) is 0 Å². The molecule has 2 nitrogen and oxygen atoms in total. The van der Waals surface area contributed by atoms with Crippen LogP contribution in [0.1, 0.15) is 11.1 Å². The number of hydrogen-bond acceptors (Lipinski definition) is 3. The largest absolute Gasteiger partial charge is 0.397 e. The summed E-state index contributed by atoms with van der Waals surface area (Å²) in [5.74, 6) is 0.726. The molecule has 0 atom stereocenters. The van der Waals surface area contributed by atoms with E-state index in [9.17, 15) is 0 Å². The van der Waals surface area contributed by atoms with Crippen molar-refractivity contribution in [1.29, 1.82) is 0 Å². The lowest BCUT2D eigenvalue weighted by Gasteiger charge is -2.05. The molecule has 13 heavy (non-hydrogen) atoms. The van der Waals surface area contributed by atoms with Crippen molar-refractivity contribution < 1.29 is 0 Å². The standard InChI is InChI=1S/C10H14N2S/c1-7-5-8(3-2-4-13)6-9(11)10(7)12/h2-3,5-6,13H,4,11-12H2,1H3. The fraction of sp³-hybridized carbons (Fsp3) is 0.200. The van der Waals surface area contributed by atoms with E-state index in [1.807, 2.05) is 31.2 Å². The molecule has 1 aromatic rings. The molecule has 0 fully saturated rings. The maximum atomic E-state index is 5.72. The van der Waals surface area contributed by atoms with Crippen molar-refractivity contribution in [3.63, 3.8) is 0 Å². The molecule has 0 aliphatic carbocycles. The Kier molecular flexibility index (Phi) is 3.25. The monoisotopic (exact) mass is 194 g/mol. The molecule has 0 aliphatic rings. The first-order valence-corrected chi connectivity index (χ1v) is 4.71. The van der Waals surface area contributed by atoms with Crippen LogP contribution in [0.25, 0.3) is 6.08 Å². The van der Waals surface area contributed by atoms with Crippen molar-refractivity contribution in [3.05, 3.63) is 29.3 Å². The van der Waals surface area contributed by atoms with Gasteiger partial charge in [0, 0.05) is 5.75 Å². The minimum Gasteiger partial charge on any atom is -0.397 e. The van der Waals surface area contributed by atoms with Gasteiger partial charge in [-0.1, -0.05) is 12.2 Å². The molecule has 0 bridgehead atoms. The predicted molar refractivity (Wildman–Crippen MR) is 62.9 cm³/mol. The number of rotatable bonds is 2. The highest BCUT2D eigenvalue weighted by molar-refractivity contribution is 7.80. The summed E-state index contributed by atoms with van der Waals surface area (Å²) in [6.45, 7) is 1.95. The van der Waals surface area contributed by atoms with E-state index < -0.39 is 0 Å². The molecule has 0 aliphatic heterocycles. The van der Waals surface area contributed by atoms with Crippen LogP contribution in [-0.2, 0) is 0 Å². The van der Waals surface area contributed by atoms with Crippen molar-refractivity contribution >= 4 is 30.1 Å². The Morgan fingerprint density at radius 3 is 2.62 bits per heavy atom.